The van der Waals surface area contributed by atoms with Crippen LogP contribution in [0.25, 0.3) is 0 Å². The molecule has 0 spiro atoms. The minimum Gasteiger partial charge on any atom is -0.365 e. The predicted molar refractivity (Wildman–Crippen MR) is 82.3 cm³/mol. The Balaban J connectivity index is 2.22. The van der Waals surface area contributed by atoms with Gasteiger partial charge in [0.2, 0.25) is 0 Å². The van der Waals surface area contributed by atoms with Crippen LogP contribution in [0.15, 0.2) is 48.5 Å². The number of aryl methyl sites for hydroxylation is 1. The first-order valence-corrected chi connectivity index (χ1v) is 6.96. The van der Waals surface area contributed by atoms with E-state index >= 15 is 0 Å². The minimum atomic E-state index is -0.183. The fraction of sp³-hybridized carbons (Fsp3) is 0.294. The second-order valence-corrected chi connectivity index (χ2v) is 5.00. The van der Waals surface area contributed by atoms with Crippen molar-refractivity contribution in [2.75, 3.05) is 18.0 Å². The van der Waals surface area contributed by atoms with Crippen LogP contribution < -0.4 is 10.6 Å². The van der Waals surface area contributed by atoms with Gasteiger partial charge in [0.1, 0.15) is 5.82 Å². The zero-order valence-corrected chi connectivity index (χ0v) is 11.8. The Hall–Kier alpha value is -1.87. The van der Waals surface area contributed by atoms with Crippen LogP contribution in [0.1, 0.15) is 17.5 Å². The van der Waals surface area contributed by atoms with Crippen molar-refractivity contribution in [1.29, 1.82) is 0 Å². The number of nitrogens with zero attached hydrogens (tertiary/aromatic N) is 1. The molecule has 2 aromatic rings. The number of rotatable bonds is 6. The fourth-order valence-corrected chi connectivity index (χ4v) is 2.31. The molecule has 0 bridgehead atoms. The van der Waals surface area contributed by atoms with Gasteiger partial charge in [0.25, 0.3) is 0 Å². The van der Waals surface area contributed by atoms with E-state index in [-0.39, 0.29) is 5.82 Å². The third-order valence-corrected chi connectivity index (χ3v) is 3.28. The predicted octanol–water partition coefficient (Wildman–Crippen LogP) is 3.49. The Bertz CT molecular complexity index is 554. The first kappa shape index (κ1) is 14.5. The smallest absolute Gasteiger partial charge is 0.146 e. The Morgan fingerprint density at radius 3 is 2.60 bits per heavy atom. The van der Waals surface area contributed by atoms with Crippen molar-refractivity contribution >= 4 is 5.69 Å². The highest BCUT2D eigenvalue weighted by molar-refractivity contribution is 5.48. The lowest BCUT2D eigenvalue weighted by Gasteiger charge is -2.25. The van der Waals surface area contributed by atoms with Crippen LogP contribution in [0.3, 0.4) is 0 Å². The number of halogens is 1. The molecule has 0 aliphatic heterocycles. The first-order chi connectivity index (χ1) is 9.70. The number of hydrogen-bond acceptors (Lipinski definition) is 2. The summed E-state index contributed by atoms with van der Waals surface area (Å²) in [5, 5.41) is 0. The Morgan fingerprint density at radius 2 is 1.90 bits per heavy atom. The lowest BCUT2D eigenvalue weighted by Crippen LogP contribution is -2.26. The van der Waals surface area contributed by atoms with Gasteiger partial charge < -0.3 is 10.6 Å². The van der Waals surface area contributed by atoms with Gasteiger partial charge in [-0.2, -0.15) is 0 Å². The van der Waals surface area contributed by atoms with Crippen molar-refractivity contribution in [3.05, 3.63) is 65.5 Å². The van der Waals surface area contributed by atoms with E-state index in [2.05, 4.69) is 30.0 Å². The molecule has 2 N–H and O–H groups in total. The van der Waals surface area contributed by atoms with E-state index in [1.165, 1.54) is 17.2 Å². The summed E-state index contributed by atoms with van der Waals surface area (Å²) >= 11 is 0. The summed E-state index contributed by atoms with van der Waals surface area (Å²) in [4.78, 5) is 2.05. The maximum Gasteiger partial charge on any atom is 0.146 e. The molecule has 0 aliphatic carbocycles. The van der Waals surface area contributed by atoms with E-state index in [4.69, 9.17) is 5.73 Å². The minimum absolute atomic E-state index is 0.183. The van der Waals surface area contributed by atoms with Gasteiger partial charge in [-0.3, -0.25) is 0 Å². The Morgan fingerprint density at radius 1 is 1.10 bits per heavy atom. The topological polar surface area (TPSA) is 29.3 Å². The third-order valence-electron chi connectivity index (χ3n) is 3.28. The monoisotopic (exact) mass is 272 g/mol. The summed E-state index contributed by atoms with van der Waals surface area (Å²) in [7, 11) is 0. The van der Waals surface area contributed by atoms with Crippen LogP contribution in [-0.2, 0) is 6.54 Å². The van der Waals surface area contributed by atoms with Crippen molar-refractivity contribution in [3.63, 3.8) is 0 Å². The molecule has 0 atom stereocenters. The molecule has 2 nitrogen and oxygen atoms in total. The number of hydrogen-bond donors (Lipinski definition) is 1. The van der Waals surface area contributed by atoms with Crippen molar-refractivity contribution in [2.24, 2.45) is 5.73 Å². The maximum absolute atomic E-state index is 14.0. The van der Waals surface area contributed by atoms with Crippen LogP contribution in [0.2, 0.25) is 0 Å². The van der Waals surface area contributed by atoms with E-state index in [1.54, 1.807) is 6.07 Å². The van der Waals surface area contributed by atoms with Crippen LogP contribution in [-0.4, -0.2) is 13.1 Å². The van der Waals surface area contributed by atoms with Crippen molar-refractivity contribution in [3.8, 4) is 0 Å². The van der Waals surface area contributed by atoms with Gasteiger partial charge in [-0.05, 0) is 37.6 Å². The zero-order valence-electron chi connectivity index (χ0n) is 11.8. The second-order valence-electron chi connectivity index (χ2n) is 5.00. The number of benzene rings is 2. The van der Waals surface area contributed by atoms with Gasteiger partial charge in [0.05, 0.1) is 5.69 Å². The largest absolute Gasteiger partial charge is 0.365 e. The molecule has 0 aliphatic rings. The Labute approximate surface area is 120 Å². The molecule has 3 heteroatoms. The normalized spacial score (nSPS) is 10.6. The standard InChI is InChI=1S/C17H21FN2/c1-14-6-4-7-15(12-14)13-20(11-5-10-19)17-9-3-2-8-16(17)18/h2-4,6-9,12H,5,10-11,13,19H2,1H3. The second kappa shape index (κ2) is 7.06. The zero-order chi connectivity index (χ0) is 14.4. The summed E-state index contributed by atoms with van der Waals surface area (Å²) in [6, 6.07) is 15.2. The molecule has 0 radical (unpaired) electrons. The van der Waals surface area contributed by atoms with Crippen LogP contribution in [0.5, 0.6) is 0 Å². The first-order valence-electron chi connectivity index (χ1n) is 6.96. The molecule has 0 aromatic heterocycles. The lowest BCUT2D eigenvalue weighted by molar-refractivity contribution is 0.612. The lowest BCUT2D eigenvalue weighted by atomic mass is 10.1. The number of anilines is 1. The van der Waals surface area contributed by atoms with Gasteiger partial charge in [-0.1, -0.05) is 42.0 Å². The molecule has 20 heavy (non-hydrogen) atoms. The molecule has 106 valence electrons. The van der Waals surface area contributed by atoms with Gasteiger partial charge in [-0.15, -0.1) is 0 Å². The van der Waals surface area contributed by atoms with E-state index in [0.29, 0.717) is 18.8 Å². The van der Waals surface area contributed by atoms with Crippen molar-refractivity contribution in [1.82, 2.24) is 0 Å². The third kappa shape index (κ3) is 3.81. The maximum atomic E-state index is 14.0. The molecule has 0 saturated heterocycles. The van der Waals surface area contributed by atoms with Crippen LogP contribution in [0.4, 0.5) is 10.1 Å². The van der Waals surface area contributed by atoms with Gasteiger partial charge in [0, 0.05) is 13.1 Å². The highest BCUT2D eigenvalue weighted by atomic mass is 19.1. The van der Waals surface area contributed by atoms with E-state index < -0.39 is 0 Å². The molecule has 0 unspecified atom stereocenters. The summed E-state index contributed by atoms with van der Waals surface area (Å²) in [5.74, 6) is -0.183. The Kier molecular flexibility index (Phi) is 5.13. The molecular weight excluding hydrogens is 251 g/mol. The fourth-order valence-electron chi connectivity index (χ4n) is 2.31. The van der Waals surface area contributed by atoms with Crippen LogP contribution >= 0.6 is 0 Å². The molecular formula is C17H21FN2. The molecule has 0 amide bonds. The van der Waals surface area contributed by atoms with Gasteiger partial charge >= 0.3 is 0 Å². The average molecular weight is 272 g/mol. The summed E-state index contributed by atoms with van der Waals surface area (Å²) < 4.78 is 14.0. The number of nitrogens with two attached hydrogens (primary N) is 1. The molecule has 0 saturated carbocycles. The molecule has 0 fully saturated rings. The van der Waals surface area contributed by atoms with Crippen LogP contribution in [0, 0.1) is 12.7 Å². The molecule has 2 rings (SSSR count). The van der Waals surface area contributed by atoms with Crippen molar-refractivity contribution < 1.29 is 4.39 Å². The SMILES string of the molecule is Cc1cccc(CN(CCCN)c2ccccc2F)c1. The summed E-state index contributed by atoms with van der Waals surface area (Å²) in [6.07, 6.45) is 0.847. The van der Waals surface area contributed by atoms with Gasteiger partial charge in [-0.25, -0.2) is 4.39 Å². The van der Waals surface area contributed by atoms with Crippen molar-refractivity contribution in [2.45, 2.75) is 19.9 Å². The van der Waals surface area contributed by atoms with E-state index in [1.807, 2.05) is 18.2 Å². The van der Waals surface area contributed by atoms with E-state index in [0.717, 1.165) is 13.0 Å². The highest BCUT2D eigenvalue weighted by Crippen LogP contribution is 2.21. The molecule has 0 heterocycles. The summed E-state index contributed by atoms with van der Waals surface area (Å²) in [6.45, 7) is 4.13. The number of para-hydroxylation sites is 1. The quantitative estimate of drug-likeness (QED) is 0.872. The summed E-state index contributed by atoms with van der Waals surface area (Å²) in [5.41, 5.74) is 8.63. The molecule has 2 aromatic carbocycles. The highest BCUT2D eigenvalue weighted by Gasteiger charge is 2.11. The average Bonchev–Trinajstić information content (AvgIpc) is 2.44. The van der Waals surface area contributed by atoms with Gasteiger partial charge in [0.15, 0.2) is 0 Å². The van der Waals surface area contributed by atoms with E-state index in [9.17, 15) is 4.39 Å².